The molecular weight excluding hydrogens is 497 g/mol. The number of anilines is 1. The van der Waals surface area contributed by atoms with E-state index in [1.165, 1.54) is 16.7 Å². The number of thioether (sulfide) groups is 1. The van der Waals surface area contributed by atoms with Gasteiger partial charge < -0.3 is 5.32 Å². The van der Waals surface area contributed by atoms with Crippen LogP contribution in [0.3, 0.4) is 0 Å². The quantitative estimate of drug-likeness (QED) is 0.595. The minimum atomic E-state index is -0.489. The first kappa shape index (κ1) is 20.2. The summed E-state index contributed by atoms with van der Waals surface area (Å²) in [5.41, 5.74) is 2.23. The number of halogens is 2. The number of amides is 2. The van der Waals surface area contributed by atoms with Crippen molar-refractivity contribution in [1.82, 2.24) is 4.90 Å². The minimum Gasteiger partial charge on any atom is -0.326 e. The van der Waals surface area contributed by atoms with Crippen molar-refractivity contribution in [2.24, 2.45) is 4.99 Å². The summed E-state index contributed by atoms with van der Waals surface area (Å²) in [5.74, 6) is -0.350. The average molecular weight is 514 g/mol. The summed E-state index contributed by atoms with van der Waals surface area (Å²) in [6.07, 6.45) is 0.0749. The second-order valence-corrected chi connectivity index (χ2v) is 8.86. The van der Waals surface area contributed by atoms with Gasteiger partial charge in [0.25, 0.3) is 0 Å². The Morgan fingerprint density at radius 3 is 2.70 bits per heavy atom. The Bertz CT molecular complexity index is 918. The van der Waals surface area contributed by atoms with Crippen LogP contribution in [0, 0.1) is 10.5 Å². The normalized spacial score (nSPS) is 18.2. The van der Waals surface area contributed by atoms with E-state index >= 15 is 0 Å². The van der Waals surface area contributed by atoms with Gasteiger partial charge in [-0.1, -0.05) is 29.4 Å². The second-order valence-electron chi connectivity index (χ2n) is 6.04. The first-order valence-electron chi connectivity index (χ1n) is 8.18. The van der Waals surface area contributed by atoms with Gasteiger partial charge in [-0.25, -0.2) is 4.99 Å². The molecule has 27 heavy (non-hydrogen) atoms. The lowest BCUT2D eigenvalue weighted by Crippen LogP contribution is -2.30. The zero-order valence-electron chi connectivity index (χ0n) is 14.7. The molecule has 2 aromatic carbocycles. The van der Waals surface area contributed by atoms with E-state index in [1.807, 2.05) is 31.2 Å². The topological polar surface area (TPSA) is 61.8 Å². The van der Waals surface area contributed by atoms with Gasteiger partial charge in [-0.15, -0.1) is 0 Å². The highest BCUT2D eigenvalue weighted by Crippen LogP contribution is 2.31. The molecule has 1 aliphatic rings. The van der Waals surface area contributed by atoms with Crippen molar-refractivity contribution in [2.75, 3.05) is 12.4 Å². The van der Waals surface area contributed by atoms with Crippen molar-refractivity contribution in [3.05, 3.63) is 56.6 Å². The Morgan fingerprint density at radius 2 is 2.00 bits per heavy atom. The Kier molecular flexibility index (Phi) is 6.44. The van der Waals surface area contributed by atoms with Crippen LogP contribution in [0.4, 0.5) is 11.4 Å². The molecule has 1 heterocycles. The van der Waals surface area contributed by atoms with E-state index < -0.39 is 5.25 Å². The van der Waals surface area contributed by atoms with Crippen molar-refractivity contribution < 1.29 is 9.59 Å². The predicted molar refractivity (Wildman–Crippen MR) is 120 cm³/mol. The number of carbonyl (C=O) groups excluding carboxylic acids is 2. The summed E-state index contributed by atoms with van der Waals surface area (Å²) in [5, 5.41) is 3.53. The Morgan fingerprint density at radius 1 is 1.30 bits per heavy atom. The Labute approximate surface area is 180 Å². The number of carbonyl (C=O) groups is 2. The molecule has 1 atom stereocenters. The van der Waals surface area contributed by atoms with Gasteiger partial charge in [0.05, 0.1) is 5.69 Å². The lowest BCUT2D eigenvalue weighted by Gasteiger charge is -2.11. The number of rotatable bonds is 4. The number of benzene rings is 2. The zero-order chi connectivity index (χ0) is 19.6. The van der Waals surface area contributed by atoms with E-state index in [1.54, 1.807) is 25.2 Å². The van der Waals surface area contributed by atoms with Gasteiger partial charge in [-0.2, -0.15) is 0 Å². The number of hydrogen-bond acceptors (Lipinski definition) is 4. The summed E-state index contributed by atoms with van der Waals surface area (Å²) in [6, 6.07) is 13.0. The standard InChI is InChI=1S/C19H17ClIN3O2S/c1-11-14(20)4-3-5-15(11)23-17(25)10-16-18(26)24(2)19(27-16)22-13-8-6-12(21)7-9-13/h3-9,16H,10H2,1-2H3,(H,23,25)/t16-/m1/s1. The van der Waals surface area contributed by atoms with Crippen LogP contribution in [0.5, 0.6) is 0 Å². The number of nitrogens with zero attached hydrogens (tertiary/aromatic N) is 2. The molecule has 0 radical (unpaired) electrons. The van der Waals surface area contributed by atoms with Crippen molar-refractivity contribution in [1.29, 1.82) is 0 Å². The molecule has 0 aromatic heterocycles. The van der Waals surface area contributed by atoms with E-state index in [-0.39, 0.29) is 18.2 Å². The molecule has 0 aliphatic carbocycles. The summed E-state index contributed by atoms with van der Waals surface area (Å²) >= 11 is 9.62. The predicted octanol–water partition coefficient (Wildman–Crippen LogP) is 4.84. The maximum Gasteiger partial charge on any atom is 0.242 e. The van der Waals surface area contributed by atoms with Gasteiger partial charge >= 0.3 is 0 Å². The van der Waals surface area contributed by atoms with Gasteiger partial charge in [0.15, 0.2) is 5.17 Å². The summed E-state index contributed by atoms with van der Waals surface area (Å²) in [4.78, 5) is 30.9. The molecule has 0 unspecified atom stereocenters. The monoisotopic (exact) mass is 513 g/mol. The molecule has 3 rings (SSSR count). The summed E-state index contributed by atoms with van der Waals surface area (Å²) in [7, 11) is 1.68. The highest BCUT2D eigenvalue weighted by atomic mass is 127. The minimum absolute atomic E-state index is 0.0749. The second kappa shape index (κ2) is 8.62. The van der Waals surface area contributed by atoms with Crippen molar-refractivity contribution in [2.45, 2.75) is 18.6 Å². The zero-order valence-corrected chi connectivity index (χ0v) is 18.4. The van der Waals surface area contributed by atoms with Crippen LogP contribution >= 0.6 is 46.0 Å². The Hall–Kier alpha value is -1.58. The molecule has 1 N–H and O–H groups in total. The van der Waals surface area contributed by atoms with Crippen LogP contribution in [0.15, 0.2) is 47.5 Å². The van der Waals surface area contributed by atoms with Crippen LogP contribution in [0.1, 0.15) is 12.0 Å². The van der Waals surface area contributed by atoms with Gasteiger partial charge in [0.1, 0.15) is 5.25 Å². The van der Waals surface area contributed by atoms with Gasteiger partial charge in [0.2, 0.25) is 11.8 Å². The highest BCUT2D eigenvalue weighted by Gasteiger charge is 2.37. The maximum absolute atomic E-state index is 12.5. The lowest BCUT2D eigenvalue weighted by molar-refractivity contribution is -0.127. The van der Waals surface area contributed by atoms with Gasteiger partial charge in [-0.3, -0.25) is 14.5 Å². The van der Waals surface area contributed by atoms with Gasteiger partial charge in [-0.05, 0) is 71.5 Å². The third-order valence-electron chi connectivity index (χ3n) is 4.10. The van der Waals surface area contributed by atoms with E-state index in [0.717, 1.165) is 14.8 Å². The fraction of sp³-hybridized carbons (Fsp3) is 0.211. The molecule has 5 nitrogen and oxygen atoms in total. The number of hydrogen-bond donors (Lipinski definition) is 1. The van der Waals surface area contributed by atoms with Crippen molar-refractivity contribution in [3.8, 4) is 0 Å². The van der Waals surface area contributed by atoms with E-state index in [2.05, 4.69) is 32.9 Å². The van der Waals surface area contributed by atoms with Crippen LogP contribution in [0.25, 0.3) is 0 Å². The van der Waals surface area contributed by atoms with Gasteiger partial charge in [0, 0.05) is 27.7 Å². The summed E-state index contributed by atoms with van der Waals surface area (Å²) in [6.45, 7) is 1.84. The van der Waals surface area contributed by atoms with Crippen LogP contribution in [-0.4, -0.2) is 34.2 Å². The number of aliphatic imine (C=N–C) groups is 1. The van der Waals surface area contributed by atoms with Crippen molar-refractivity contribution >= 4 is 74.3 Å². The Balaban J connectivity index is 1.68. The van der Waals surface area contributed by atoms with Crippen LogP contribution in [0.2, 0.25) is 5.02 Å². The molecule has 0 saturated carbocycles. The highest BCUT2D eigenvalue weighted by molar-refractivity contribution is 14.1. The lowest BCUT2D eigenvalue weighted by atomic mass is 10.2. The molecule has 1 saturated heterocycles. The molecule has 2 amide bonds. The fourth-order valence-electron chi connectivity index (χ4n) is 2.54. The molecule has 8 heteroatoms. The van der Waals surface area contributed by atoms with Crippen molar-refractivity contribution in [3.63, 3.8) is 0 Å². The van der Waals surface area contributed by atoms with Crippen LogP contribution < -0.4 is 5.32 Å². The molecule has 2 aromatic rings. The molecule has 1 fully saturated rings. The third kappa shape index (κ3) is 4.83. The smallest absolute Gasteiger partial charge is 0.242 e. The number of nitrogens with one attached hydrogen (secondary N) is 1. The molecule has 1 aliphatic heterocycles. The van der Waals surface area contributed by atoms with E-state index in [0.29, 0.717) is 15.9 Å². The molecule has 0 spiro atoms. The SMILES string of the molecule is Cc1c(Cl)cccc1NC(=O)C[C@H]1SC(=Nc2ccc(I)cc2)N(C)C1=O. The summed E-state index contributed by atoms with van der Waals surface area (Å²) < 4.78 is 1.12. The third-order valence-corrected chi connectivity index (χ3v) is 6.46. The first-order valence-corrected chi connectivity index (χ1v) is 10.5. The van der Waals surface area contributed by atoms with E-state index in [9.17, 15) is 9.59 Å². The largest absolute Gasteiger partial charge is 0.326 e. The molecule has 140 valence electrons. The molecular formula is C19H17ClIN3O2S. The van der Waals surface area contributed by atoms with E-state index in [4.69, 9.17) is 11.6 Å². The molecule has 0 bridgehead atoms. The fourth-order valence-corrected chi connectivity index (χ4v) is 4.22. The average Bonchev–Trinajstić information content (AvgIpc) is 2.89. The number of amidine groups is 1. The first-order chi connectivity index (χ1) is 12.8. The van der Waals surface area contributed by atoms with Crippen LogP contribution in [-0.2, 0) is 9.59 Å². The maximum atomic E-state index is 12.5.